The molecule has 1 heterocycles. The van der Waals surface area contributed by atoms with Crippen LogP contribution in [0, 0.1) is 0 Å². The van der Waals surface area contributed by atoms with Crippen molar-refractivity contribution in [3.63, 3.8) is 0 Å². The number of allylic oxidation sites excluding steroid dienone is 1. The molecule has 2 rings (SSSR count). The lowest BCUT2D eigenvalue weighted by Crippen LogP contribution is -2.41. The summed E-state index contributed by atoms with van der Waals surface area (Å²) in [5.41, 5.74) is 0.878. The fourth-order valence-electron chi connectivity index (χ4n) is 2.52. The number of benzene rings is 1. The van der Waals surface area contributed by atoms with Crippen molar-refractivity contribution in [2.75, 3.05) is 25.4 Å². The Labute approximate surface area is 174 Å². The maximum Gasteiger partial charge on any atom is 0.239 e. The van der Waals surface area contributed by atoms with E-state index < -0.39 is 0 Å². The third kappa shape index (κ3) is 5.84. The molecule has 28 heavy (non-hydrogen) atoms. The van der Waals surface area contributed by atoms with Gasteiger partial charge in [0.05, 0.1) is 12.3 Å². The van der Waals surface area contributed by atoms with Crippen LogP contribution in [0.3, 0.4) is 0 Å². The van der Waals surface area contributed by atoms with Crippen LogP contribution in [0.5, 0.6) is 0 Å². The van der Waals surface area contributed by atoms with Crippen LogP contribution < -0.4 is 5.32 Å². The van der Waals surface area contributed by atoms with Crippen LogP contribution in [0.2, 0.25) is 5.02 Å². The van der Waals surface area contributed by atoms with E-state index in [0.717, 1.165) is 5.56 Å². The first-order valence-electron chi connectivity index (χ1n) is 8.97. The van der Waals surface area contributed by atoms with Crippen molar-refractivity contribution in [1.29, 1.82) is 0 Å². The van der Waals surface area contributed by atoms with E-state index in [1.165, 1.54) is 16.7 Å². The lowest BCUT2D eigenvalue weighted by Gasteiger charge is -2.20. The molecule has 0 saturated carbocycles. The number of carbonyl (C=O) groups is 2. The zero-order valence-corrected chi connectivity index (χ0v) is 17.6. The Bertz CT molecular complexity index is 822. The van der Waals surface area contributed by atoms with Gasteiger partial charge in [0.25, 0.3) is 0 Å². The monoisotopic (exact) mass is 421 g/mol. The number of thioether (sulfide) groups is 1. The van der Waals surface area contributed by atoms with Crippen LogP contribution in [0.4, 0.5) is 0 Å². The maximum absolute atomic E-state index is 12.5. The number of hydrogen-bond donors (Lipinski definition) is 1. The molecule has 0 fully saturated rings. The van der Waals surface area contributed by atoms with Crippen molar-refractivity contribution in [3.05, 3.63) is 41.9 Å². The quantitative estimate of drug-likeness (QED) is 0.471. The van der Waals surface area contributed by atoms with Crippen LogP contribution in [-0.2, 0) is 16.1 Å². The van der Waals surface area contributed by atoms with Gasteiger partial charge in [-0.2, -0.15) is 0 Å². The minimum Gasteiger partial charge on any atom is -0.355 e. The molecule has 0 bridgehead atoms. The van der Waals surface area contributed by atoms with E-state index in [1.54, 1.807) is 18.2 Å². The molecule has 2 aromatic rings. The fraction of sp³-hybridized carbons (Fsp3) is 0.368. The average molecular weight is 422 g/mol. The van der Waals surface area contributed by atoms with E-state index in [2.05, 4.69) is 22.1 Å². The predicted molar refractivity (Wildman–Crippen MR) is 112 cm³/mol. The minimum atomic E-state index is -0.164. The fourth-order valence-corrected chi connectivity index (χ4v) is 3.50. The second-order valence-electron chi connectivity index (χ2n) is 5.86. The predicted octanol–water partition coefficient (Wildman–Crippen LogP) is 2.86. The zero-order chi connectivity index (χ0) is 20.5. The summed E-state index contributed by atoms with van der Waals surface area (Å²) in [5.74, 6) is 0.562. The Hall–Kier alpha value is -2.32. The number of carbonyl (C=O) groups excluding carboxylic acids is 2. The van der Waals surface area contributed by atoms with Crippen LogP contribution in [0.1, 0.15) is 13.8 Å². The zero-order valence-electron chi connectivity index (χ0n) is 16.0. The first-order chi connectivity index (χ1) is 13.5. The van der Waals surface area contributed by atoms with Gasteiger partial charge >= 0.3 is 0 Å². The molecule has 9 heteroatoms. The minimum absolute atomic E-state index is 0.0547. The van der Waals surface area contributed by atoms with E-state index in [1.807, 2.05) is 30.5 Å². The number of nitrogens with zero attached hydrogens (tertiary/aromatic N) is 4. The van der Waals surface area contributed by atoms with Crippen LogP contribution >= 0.6 is 23.4 Å². The first kappa shape index (κ1) is 22.0. The standard InChI is InChI=1S/C19H24ClN5O2S/c1-4-11-25-18(14-7-9-15(20)10-8-14)22-23-19(25)28-13-17(27)24(6-3)12-16(26)21-5-2/h4,7-10H,1,5-6,11-13H2,2-3H3,(H,21,26). The van der Waals surface area contributed by atoms with Crippen LogP contribution in [-0.4, -0.2) is 56.9 Å². The van der Waals surface area contributed by atoms with Crippen LogP contribution in [0.15, 0.2) is 42.1 Å². The van der Waals surface area contributed by atoms with Gasteiger partial charge in [-0.15, -0.1) is 16.8 Å². The SMILES string of the molecule is C=CCn1c(SCC(=O)N(CC)CC(=O)NCC)nnc1-c1ccc(Cl)cc1. The van der Waals surface area contributed by atoms with Gasteiger partial charge in [0.1, 0.15) is 0 Å². The molecule has 0 saturated heterocycles. The Kier molecular flexibility index (Phi) is 8.53. The Morgan fingerprint density at radius 1 is 1.29 bits per heavy atom. The van der Waals surface area contributed by atoms with Gasteiger partial charge in [-0.25, -0.2) is 0 Å². The molecule has 1 N–H and O–H groups in total. The number of halogens is 1. The van der Waals surface area contributed by atoms with Gasteiger partial charge < -0.3 is 10.2 Å². The average Bonchev–Trinajstić information content (AvgIpc) is 3.08. The molecule has 0 atom stereocenters. The van der Waals surface area contributed by atoms with Crippen molar-refractivity contribution in [2.45, 2.75) is 25.5 Å². The Morgan fingerprint density at radius 3 is 2.61 bits per heavy atom. The second-order valence-corrected chi connectivity index (χ2v) is 7.24. The largest absolute Gasteiger partial charge is 0.355 e. The van der Waals surface area contributed by atoms with Gasteiger partial charge in [-0.05, 0) is 38.1 Å². The molecule has 0 aliphatic carbocycles. The molecule has 0 unspecified atom stereocenters. The third-order valence-electron chi connectivity index (χ3n) is 3.90. The molecule has 0 radical (unpaired) electrons. The summed E-state index contributed by atoms with van der Waals surface area (Å²) in [5, 5.41) is 12.5. The molecule has 1 aromatic carbocycles. The van der Waals surface area contributed by atoms with Crippen molar-refractivity contribution in [2.24, 2.45) is 0 Å². The molecule has 0 aliphatic heterocycles. The van der Waals surface area contributed by atoms with E-state index in [-0.39, 0.29) is 24.1 Å². The summed E-state index contributed by atoms with van der Waals surface area (Å²) < 4.78 is 1.90. The first-order valence-corrected chi connectivity index (χ1v) is 10.3. The molecule has 1 aromatic heterocycles. The van der Waals surface area contributed by atoms with Crippen LogP contribution in [0.25, 0.3) is 11.4 Å². The molecule has 0 aliphatic rings. The number of nitrogens with one attached hydrogen (secondary N) is 1. The lowest BCUT2D eigenvalue weighted by molar-refractivity contribution is -0.133. The normalized spacial score (nSPS) is 10.5. The Balaban J connectivity index is 2.10. The number of rotatable bonds is 10. The number of amides is 2. The highest BCUT2D eigenvalue weighted by Gasteiger charge is 2.19. The third-order valence-corrected chi connectivity index (χ3v) is 5.10. The second kappa shape index (κ2) is 10.9. The Morgan fingerprint density at radius 2 is 2.00 bits per heavy atom. The summed E-state index contributed by atoms with van der Waals surface area (Å²) in [6.45, 7) is 9.05. The van der Waals surface area contributed by atoms with Gasteiger partial charge in [0.2, 0.25) is 11.8 Å². The maximum atomic E-state index is 12.5. The molecular formula is C19H24ClN5O2S. The van der Waals surface area contributed by atoms with E-state index in [4.69, 9.17) is 11.6 Å². The summed E-state index contributed by atoms with van der Waals surface area (Å²) in [6, 6.07) is 7.33. The summed E-state index contributed by atoms with van der Waals surface area (Å²) in [7, 11) is 0. The van der Waals surface area contributed by atoms with Gasteiger partial charge in [0, 0.05) is 30.2 Å². The van der Waals surface area contributed by atoms with Gasteiger partial charge in [0.15, 0.2) is 11.0 Å². The van der Waals surface area contributed by atoms with Crippen molar-refractivity contribution >= 4 is 35.2 Å². The number of hydrogen-bond acceptors (Lipinski definition) is 5. The van der Waals surface area contributed by atoms with Crippen molar-refractivity contribution in [1.82, 2.24) is 25.0 Å². The smallest absolute Gasteiger partial charge is 0.239 e. The number of likely N-dealkylation sites (N-methyl/N-ethyl adjacent to an activating group) is 2. The lowest BCUT2D eigenvalue weighted by atomic mass is 10.2. The highest BCUT2D eigenvalue weighted by molar-refractivity contribution is 7.99. The molecule has 150 valence electrons. The van der Waals surface area contributed by atoms with Gasteiger partial charge in [-0.3, -0.25) is 14.2 Å². The van der Waals surface area contributed by atoms with Crippen molar-refractivity contribution < 1.29 is 9.59 Å². The van der Waals surface area contributed by atoms with E-state index in [9.17, 15) is 9.59 Å². The highest BCUT2D eigenvalue weighted by Crippen LogP contribution is 2.25. The number of aromatic nitrogens is 3. The van der Waals surface area contributed by atoms with Crippen molar-refractivity contribution in [3.8, 4) is 11.4 Å². The van der Waals surface area contributed by atoms with E-state index >= 15 is 0 Å². The molecule has 7 nitrogen and oxygen atoms in total. The van der Waals surface area contributed by atoms with Gasteiger partial charge in [-0.1, -0.05) is 29.4 Å². The topological polar surface area (TPSA) is 80.1 Å². The molecular weight excluding hydrogens is 398 g/mol. The summed E-state index contributed by atoms with van der Waals surface area (Å²) >= 11 is 7.25. The molecule has 2 amide bonds. The molecule has 0 spiro atoms. The van der Waals surface area contributed by atoms with E-state index in [0.29, 0.717) is 35.6 Å². The summed E-state index contributed by atoms with van der Waals surface area (Å²) in [6.07, 6.45) is 1.75. The summed E-state index contributed by atoms with van der Waals surface area (Å²) in [4.78, 5) is 25.8. The highest BCUT2D eigenvalue weighted by atomic mass is 35.5.